The minimum Gasteiger partial charge on any atom is -0.370 e. The second kappa shape index (κ2) is 5.92. The van der Waals surface area contributed by atoms with E-state index in [4.69, 9.17) is 5.10 Å². The van der Waals surface area contributed by atoms with E-state index in [-0.39, 0.29) is 0 Å². The van der Waals surface area contributed by atoms with Gasteiger partial charge in [-0.05, 0) is 31.7 Å². The van der Waals surface area contributed by atoms with Crippen molar-refractivity contribution in [1.29, 1.82) is 0 Å². The van der Waals surface area contributed by atoms with Crippen molar-refractivity contribution in [3.63, 3.8) is 0 Å². The number of nitrogens with one attached hydrogen (secondary N) is 1. The Labute approximate surface area is 127 Å². The van der Waals surface area contributed by atoms with Gasteiger partial charge in [-0.2, -0.15) is 5.10 Å². The molecular weight excluding hydrogens is 258 g/mol. The maximum atomic E-state index is 4.93. The van der Waals surface area contributed by atoms with Crippen LogP contribution in [-0.4, -0.2) is 16.3 Å². The zero-order chi connectivity index (χ0) is 14.8. The SMILES string of the molecule is CCC(CC)c1cc2n(n1)C(c1ccc(C)cc1)CCN2. The molecule has 0 saturated carbocycles. The summed E-state index contributed by atoms with van der Waals surface area (Å²) < 4.78 is 2.20. The molecule has 1 unspecified atom stereocenters. The fourth-order valence-corrected chi connectivity index (χ4v) is 3.25. The Balaban J connectivity index is 1.95. The third-order valence-electron chi connectivity index (χ3n) is 4.64. The fourth-order valence-electron chi connectivity index (χ4n) is 3.25. The van der Waals surface area contributed by atoms with Gasteiger partial charge in [-0.15, -0.1) is 0 Å². The summed E-state index contributed by atoms with van der Waals surface area (Å²) in [6, 6.07) is 11.5. The number of fused-ring (bicyclic) bond motifs is 1. The molecule has 2 heterocycles. The molecule has 21 heavy (non-hydrogen) atoms. The molecule has 0 bridgehead atoms. The molecule has 0 radical (unpaired) electrons. The first-order valence-corrected chi connectivity index (χ1v) is 8.12. The minimum atomic E-state index is 0.366. The van der Waals surface area contributed by atoms with Crippen LogP contribution in [0.2, 0.25) is 0 Å². The summed E-state index contributed by atoms with van der Waals surface area (Å²) in [5, 5.41) is 8.42. The number of anilines is 1. The molecule has 1 atom stereocenters. The van der Waals surface area contributed by atoms with Crippen molar-refractivity contribution in [3.8, 4) is 0 Å². The summed E-state index contributed by atoms with van der Waals surface area (Å²) in [4.78, 5) is 0. The van der Waals surface area contributed by atoms with Gasteiger partial charge in [0.2, 0.25) is 0 Å². The smallest absolute Gasteiger partial charge is 0.125 e. The van der Waals surface area contributed by atoms with Gasteiger partial charge in [-0.25, -0.2) is 4.68 Å². The van der Waals surface area contributed by atoms with Gasteiger partial charge >= 0.3 is 0 Å². The fraction of sp³-hybridized carbons (Fsp3) is 0.500. The minimum absolute atomic E-state index is 0.366. The molecule has 3 rings (SSSR count). The number of rotatable bonds is 4. The molecule has 0 spiro atoms. The van der Waals surface area contributed by atoms with Crippen LogP contribution in [0.5, 0.6) is 0 Å². The predicted octanol–water partition coefficient (Wildman–Crippen LogP) is 4.50. The van der Waals surface area contributed by atoms with E-state index < -0.39 is 0 Å². The van der Waals surface area contributed by atoms with Crippen LogP contribution in [0.15, 0.2) is 30.3 Å². The van der Waals surface area contributed by atoms with E-state index in [0.717, 1.165) is 25.8 Å². The van der Waals surface area contributed by atoms with Gasteiger partial charge in [0.05, 0.1) is 11.7 Å². The quantitative estimate of drug-likeness (QED) is 0.895. The summed E-state index contributed by atoms with van der Waals surface area (Å²) in [5.41, 5.74) is 3.91. The van der Waals surface area contributed by atoms with Crippen molar-refractivity contribution in [3.05, 3.63) is 47.2 Å². The lowest BCUT2D eigenvalue weighted by molar-refractivity contribution is 0.471. The average Bonchev–Trinajstić information content (AvgIpc) is 2.93. The van der Waals surface area contributed by atoms with E-state index in [1.807, 2.05) is 0 Å². The number of hydrogen-bond donors (Lipinski definition) is 1. The highest BCUT2D eigenvalue weighted by Crippen LogP contribution is 2.33. The van der Waals surface area contributed by atoms with Crippen LogP contribution in [0.25, 0.3) is 0 Å². The molecule has 0 fully saturated rings. The van der Waals surface area contributed by atoms with Crippen molar-refractivity contribution in [2.75, 3.05) is 11.9 Å². The molecule has 3 nitrogen and oxygen atoms in total. The second-order valence-corrected chi connectivity index (χ2v) is 6.05. The summed E-state index contributed by atoms with van der Waals surface area (Å²) in [7, 11) is 0. The van der Waals surface area contributed by atoms with Gasteiger partial charge in [0.25, 0.3) is 0 Å². The molecule has 0 amide bonds. The highest BCUT2D eigenvalue weighted by molar-refractivity contribution is 5.42. The standard InChI is InChI=1S/C18H25N3/c1-4-14(5-2)16-12-18-19-11-10-17(21(18)20-16)15-8-6-13(3)7-9-15/h6-9,12,14,17,19H,4-5,10-11H2,1-3H3. The van der Waals surface area contributed by atoms with Crippen LogP contribution < -0.4 is 5.32 Å². The van der Waals surface area contributed by atoms with Crippen molar-refractivity contribution >= 4 is 5.82 Å². The second-order valence-electron chi connectivity index (χ2n) is 6.05. The molecule has 3 heteroatoms. The maximum Gasteiger partial charge on any atom is 0.125 e. The molecule has 1 N–H and O–H groups in total. The number of aromatic nitrogens is 2. The monoisotopic (exact) mass is 283 g/mol. The van der Waals surface area contributed by atoms with E-state index in [1.54, 1.807) is 0 Å². The Kier molecular flexibility index (Phi) is 4.00. The Morgan fingerprint density at radius 1 is 1.24 bits per heavy atom. The van der Waals surface area contributed by atoms with Gasteiger partial charge in [-0.1, -0.05) is 43.7 Å². The lowest BCUT2D eigenvalue weighted by atomic mass is 10.00. The number of nitrogens with zero attached hydrogens (tertiary/aromatic N) is 2. The summed E-state index contributed by atoms with van der Waals surface area (Å²) in [5.74, 6) is 1.75. The number of aryl methyl sites for hydroxylation is 1. The van der Waals surface area contributed by atoms with Crippen molar-refractivity contribution < 1.29 is 0 Å². The number of hydrogen-bond acceptors (Lipinski definition) is 2. The molecule has 1 aromatic carbocycles. The van der Waals surface area contributed by atoms with E-state index in [0.29, 0.717) is 12.0 Å². The van der Waals surface area contributed by atoms with E-state index in [9.17, 15) is 0 Å². The molecule has 1 aliphatic rings. The lowest BCUT2D eigenvalue weighted by Crippen LogP contribution is -2.24. The maximum absolute atomic E-state index is 4.93. The lowest BCUT2D eigenvalue weighted by Gasteiger charge is -2.26. The zero-order valence-corrected chi connectivity index (χ0v) is 13.3. The molecule has 0 saturated heterocycles. The van der Waals surface area contributed by atoms with Crippen LogP contribution in [0.3, 0.4) is 0 Å². The van der Waals surface area contributed by atoms with E-state index in [1.165, 1.54) is 22.6 Å². The first-order valence-electron chi connectivity index (χ1n) is 8.12. The normalized spacial score (nSPS) is 17.6. The zero-order valence-electron chi connectivity index (χ0n) is 13.3. The Bertz CT molecular complexity index is 593. The Hall–Kier alpha value is -1.77. The van der Waals surface area contributed by atoms with Crippen molar-refractivity contribution in [2.45, 2.75) is 52.0 Å². The van der Waals surface area contributed by atoms with Crippen LogP contribution in [0.4, 0.5) is 5.82 Å². The first kappa shape index (κ1) is 14.2. The van der Waals surface area contributed by atoms with E-state index >= 15 is 0 Å². The Morgan fingerprint density at radius 2 is 1.95 bits per heavy atom. The molecule has 2 aromatic rings. The van der Waals surface area contributed by atoms with Gasteiger partial charge in [0.15, 0.2) is 0 Å². The highest BCUT2D eigenvalue weighted by Gasteiger charge is 2.24. The predicted molar refractivity (Wildman–Crippen MR) is 88.0 cm³/mol. The third-order valence-corrected chi connectivity index (χ3v) is 4.64. The molecule has 1 aromatic heterocycles. The van der Waals surface area contributed by atoms with Gasteiger partial charge in [0.1, 0.15) is 5.82 Å². The van der Waals surface area contributed by atoms with Crippen molar-refractivity contribution in [2.24, 2.45) is 0 Å². The average molecular weight is 283 g/mol. The summed E-state index contributed by atoms with van der Waals surface area (Å²) >= 11 is 0. The summed E-state index contributed by atoms with van der Waals surface area (Å²) in [6.45, 7) is 7.65. The number of benzene rings is 1. The van der Waals surface area contributed by atoms with Crippen LogP contribution in [0.1, 0.15) is 61.9 Å². The highest BCUT2D eigenvalue weighted by atomic mass is 15.4. The molecule has 0 aliphatic carbocycles. The molecular formula is C18H25N3. The van der Waals surface area contributed by atoms with Crippen LogP contribution >= 0.6 is 0 Å². The Morgan fingerprint density at radius 3 is 2.62 bits per heavy atom. The van der Waals surface area contributed by atoms with Gasteiger partial charge < -0.3 is 5.32 Å². The molecule has 112 valence electrons. The third kappa shape index (κ3) is 2.69. The first-order chi connectivity index (χ1) is 10.2. The van der Waals surface area contributed by atoms with Crippen LogP contribution in [-0.2, 0) is 0 Å². The topological polar surface area (TPSA) is 29.9 Å². The summed E-state index contributed by atoms with van der Waals surface area (Å²) in [6.07, 6.45) is 3.41. The largest absolute Gasteiger partial charge is 0.370 e. The molecule has 1 aliphatic heterocycles. The van der Waals surface area contributed by atoms with Gasteiger partial charge in [-0.3, -0.25) is 0 Å². The van der Waals surface area contributed by atoms with Crippen LogP contribution in [0, 0.1) is 6.92 Å². The van der Waals surface area contributed by atoms with Gasteiger partial charge in [0, 0.05) is 18.5 Å². The van der Waals surface area contributed by atoms with Crippen molar-refractivity contribution in [1.82, 2.24) is 9.78 Å². The van der Waals surface area contributed by atoms with E-state index in [2.05, 4.69) is 61.1 Å².